The van der Waals surface area contributed by atoms with Crippen molar-refractivity contribution in [1.29, 1.82) is 0 Å². The van der Waals surface area contributed by atoms with Gasteiger partial charge in [0, 0.05) is 24.3 Å². The molecule has 2 amide bonds. The standard InChI is InChI=1S/C22H24ClFN2O2/c1-22(2,17-8-4-5-9-19(17)24)21(28)25-15-10-11-16(18(23)14-15)20(27)26-12-6-3-7-13-26/h4-5,8-11,14H,3,6-7,12-13H2,1-2H3,(H,25,28). The van der Waals surface area contributed by atoms with Crippen LogP contribution >= 0.6 is 11.6 Å². The minimum atomic E-state index is -1.07. The SMILES string of the molecule is CC(C)(C(=O)Nc1ccc(C(=O)N2CCCCC2)c(Cl)c1)c1ccccc1F. The number of halogens is 2. The van der Waals surface area contributed by atoms with E-state index in [1.807, 2.05) is 4.90 Å². The number of benzene rings is 2. The predicted octanol–water partition coefficient (Wildman–Crippen LogP) is 5.02. The topological polar surface area (TPSA) is 49.4 Å². The van der Waals surface area contributed by atoms with E-state index in [-0.39, 0.29) is 16.8 Å². The highest BCUT2D eigenvalue weighted by Gasteiger charge is 2.32. The maximum Gasteiger partial charge on any atom is 0.255 e. The third-order valence-electron chi connectivity index (χ3n) is 5.22. The summed E-state index contributed by atoms with van der Waals surface area (Å²) >= 11 is 6.32. The minimum absolute atomic E-state index is 0.0886. The van der Waals surface area contributed by atoms with Gasteiger partial charge >= 0.3 is 0 Å². The smallest absolute Gasteiger partial charge is 0.255 e. The number of hydrogen-bond acceptors (Lipinski definition) is 2. The molecule has 0 aliphatic carbocycles. The van der Waals surface area contributed by atoms with Crippen LogP contribution in [0.25, 0.3) is 0 Å². The van der Waals surface area contributed by atoms with Crippen molar-refractivity contribution in [3.05, 3.63) is 64.4 Å². The van der Waals surface area contributed by atoms with Crippen LogP contribution in [0.5, 0.6) is 0 Å². The Hall–Kier alpha value is -2.40. The molecule has 0 aromatic heterocycles. The molecule has 2 aromatic rings. The van der Waals surface area contributed by atoms with E-state index in [0.717, 1.165) is 32.4 Å². The Bertz CT molecular complexity index is 892. The maximum atomic E-state index is 14.1. The molecular weight excluding hydrogens is 379 g/mol. The van der Waals surface area contributed by atoms with Crippen molar-refractivity contribution in [3.63, 3.8) is 0 Å². The highest BCUT2D eigenvalue weighted by atomic mass is 35.5. The van der Waals surface area contributed by atoms with Gasteiger partial charge in [-0.25, -0.2) is 4.39 Å². The van der Waals surface area contributed by atoms with Gasteiger partial charge in [-0.1, -0.05) is 29.8 Å². The fourth-order valence-corrected chi connectivity index (χ4v) is 3.67. The molecule has 6 heteroatoms. The van der Waals surface area contributed by atoms with Crippen molar-refractivity contribution in [2.75, 3.05) is 18.4 Å². The van der Waals surface area contributed by atoms with Gasteiger partial charge in [-0.2, -0.15) is 0 Å². The minimum Gasteiger partial charge on any atom is -0.339 e. The number of hydrogen-bond donors (Lipinski definition) is 1. The second-order valence-electron chi connectivity index (χ2n) is 7.61. The van der Waals surface area contributed by atoms with Crippen LogP contribution in [0.3, 0.4) is 0 Å². The molecule has 0 atom stereocenters. The first-order valence-electron chi connectivity index (χ1n) is 9.46. The summed E-state index contributed by atoms with van der Waals surface area (Å²) in [5.41, 5.74) is 0.139. The van der Waals surface area contributed by atoms with Crippen molar-refractivity contribution in [2.45, 2.75) is 38.5 Å². The molecule has 1 aliphatic heterocycles. The summed E-state index contributed by atoms with van der Waals surface area (Å²) in [6, 6.07) is 11.1. The Kier molecular flexibility index (Phi) is 6.04. The highest BCUT2D eigenvalue weighted by molar-refractivity contribution is 6.34. The van der Waals surface area contributed by atoms with Crippen molar-refractivity contribution in [2.24, 2.45) is 0 Å². The average Bonchev–Trinajstić information content (AvgIpc) is 2.68. The summed E-state index contributed by atoms with van der Waals surface area (Å²) in [5, 5.41) is 3.07. The summed E-state index contributed by atoms with van der Waals surface area (Å²) in [6.45, 7) is 4.81. The lowest BCUT2D eigenvalue weighted by atomic mass is 9.83. The lowest BCUT2D eigenvalue weighted by Gasteiger charge is -2.27. The fraction of sp³-hybridized carbons (Fsp3) is 0.364. The average molecular weight is 403 g/mol. The molecule has 4 nitrogen and oxygen atoms in total. The molecular formula is C22H24ClFN2O2. The largest absolute Gasteiger partial charge is 0.339 e. The number of likely N-dealkylation sites (tertiary alicyclic amines) is 1. The van der Waals surface area contributed by atoms with E-state index in [9.17, 15) is 14.0 Å². The van der Waals surface area contributed by atoms with Crippen LogP contribution in [-0.4, -0.2) is 29.8 Å². The third kappa shape index (κ3) is 4.20. The van der Waals surface area contributed by atoms with Gasteiger partial charge in [0.2, 0.25) is 5.91 Å². The molecule has 0 saturated carbocycles. The molecule has 0 spiro atoms. The van der Waals surface area contributed by atoms with Crippen molar-refractivity contribution in [3.8, 4) is 0 Å². The number of amides is 2. The van der Waals surface area contributed by atoms with E-state index >= 15 is 0 Å². The number of rotatable bonds is 4. The summed E-state index contributed by atoms with van der Waals surface area (Å²) in [6.07, 6.45) is 3.14. The van der Waals surface area contributed by atoms with E-state index in [1.54, 1.807) is 50.2 Å². The van der Waals surface area contributed by atoms with Crippen LogP contribution in [0.4, 0.5) is 10.1 Å². The maximum absolute atomic E-state index is 14.1. The van der Waals surface area contributed by atoms with Crippen LogP contribution in [0.1, 0.15) is 49.0 Å². The zero-order valence-corrected chi connectivity index (χ0v) is 16.9. The van der Waals surface area contributed by atoms with Crippen LogP contribution in [0.2, 0.25) is 5.02 Å². The quantitative estimate of drug-likeness (QED) is 0.780. The lowest BCUT2D eigenvalue weighted by Crippen LogP contribution is -2.36. The first kappa shape index (κ1) is 20.3. The monoisotopic (exact) mass is 402 g/mol. The summed E-state index contributed by atoms with van der Waals surface area (Å²) < 4.78 is 14.1. The van der Waals surface area contributed by atoms with Gasteiger partial charge in [-0.05, 0) is 57.4 Å². The van der Waals surface area contributed by atoms with Crippen molar-refractivity contribution in [1.82, 2.24) is 4.90 Å². The zero-order valence-electron chi connectivity index (χ0n) is 16.1. The van der Waals surface area contributed by atoms with Gasteiger partial charge in [0.05, 0.1) is 16.0 Å². The Morgan fingerprint density at radius 2 is 1.75 bits per heavy atom. The van der Waals surface area contributed by atoms with E-state index in [1.165, 1.54) is 6.07 Å². The van der Waals surface area contributed by atoms with Gasteiger partial charge in [0.1, 0.15) is 5.82 Å². The molecule has 0 unspecified atom stereocenters. The predicted molar refractivity (Wildman–Crippen MR) is 109 cm³/mol. The summed E-state index contributed by atoms with van der Waals surface area (Å²) in [7, 11) is 0. The van der Waals surface area contributed by atoms with E-state index in [2.05, 4.69) is 5.32 Å². The first-order chi connectivity index (χ1) is 13.3. The van der Waals surface area contributed by atoms with E-state index in [4.69, 9.17) is 11.6 Å². The van der Waals surface area contributed by atoms with Crippen LogP contribution < -0.4 is 5.32 Å². The molecule has 3 rings (SSSR count). The molecule has 1 aliphatic rings. The van der Waals surface area contributed by atoms with E-state index < -0.39 is 11.2 Å². The lowest BCUT2D eigenvalue weighted by molar-refractivity contribution is -0.120. The summed E-state index contributed by atoms with van der Waals surface area (Å²) in [4.78, 5) is 27.2. The highest BCUT2D eigenvalue weighted by Crippen LogP contribution is 2.29. The van der Waals surface area contributed by atoms with Gasteiger partial charge in [0.25, 0.3) is 5.91 Å². The van der Waals surface area contributed by atoms with Gasteiger partial charge in [0.15, 0.2) is 0 Å². The van der Waals surface area contributed by atoms with Gasteiger partial charge in [-0.15, -0.1) is 0 Å². The number of carbonyl (C=O) groups excluding carboxylic acids is 2. The molecule has 28 heavy (non-hydrogen) atoms. The number of anilines is 1. The Balaban J connectivity index is 1.76. The fourth-order valence-electron chi connectivity index (χ4n) is 3.41. The Labute approximate surface area is 169 Å². The Morgan fingerprint density at radius 1 is 1.07 bits per heavy atom. The van der Waals surface area contributed by atoms with E-state index in [0.29, 0.717) is 16.8 Å². The normalized spacial score (nSPS) is 14.6. The third-order valence-corrected chi connectivity index (χ3v) is 5.53. The number of piperidine rings is 1. The van der Waals surface area contributed by atoms with Gasteiger partial charge in [-0.3, -0.25) is 9.59 Å². The molecule has 0 radical (unpaired) electrons. The van der Waals surface area contributed by atoms with Crippen LogP contribution in [-0.2, 0) is 10.2 Å². The van der Waals surface area contributed by atoms with Crippen molar-refractivity contribution >= 4 is 29.1 Å². The first-order valence-corrected chi connectivity index (χ1v) is 9.84. The van der Waals surface area contributed by atoms with Crippen LogP contribution in [0.15, 0.2) is 42.5 Å². The number of nitrogens with one attached hydrogen (secondary N) is 1. The molecule has 1 N–H and O–H groups in total. The zero-order chi connectivity index (χ0) is 20.3. The second-order valence-corrected chi connectivity index (χ2v) is 8.01. The Morgan fingerprint density at radius 3 is 2.39 bits per heavy atom. The molecule has 0 bridgehead atoms. The molecule has 1 fully saturated rings. The second kappa shape index (κ2) is 8.31. The number of carbonyl (C=O) groups is 2. The number of nitrogens with zero attached hydrogens (tertiary/aromatic N) is 1. The summed E-state index contributed by atoms with van der Waals surface area (Å²) in [5.74, 6) is -0.874. The molecule has 1 saturated heterocycles. The molecule has 1 heterocycles. The van der Waals surface area contributed by atoms with Crippen LogP contribution in [0, 0.1) is 5.82 Å². The molecule has 148 valence electrons. The molecule has 2 aromatic carbocycles. The van der Waals surface area contributed by atoms with Gasteiger partial charge < -0.3 is 10.2 Å². The van der Waals surface area contributed by atoms with Crippen molar-refractivity contribution < 1.29 is 14.0 Å².